The number of nitrogens with one attached hydrogen (secondary N) is 1. The van der Waals surface area contributed by atoms with Gasteiger partial charge in [0.1, 0.15) is 5.75 Å². The van der Waals surface area contributed by atoms with Crippen molar-refractivity contribution in [2.75, 3.05) is 18.2 Å². The van der Waals surface area contributed by atoms with E-state index in [4.69, 9.17) is 15.7 Å². The molecule has 0 fully saturated rings. The highest BCUT2D eigenvalue weighted by atomic mass is 16.5. The van der Waals surface area contributed by atoms with E-state index >= 15 is 0 Å². The molecule has 0 amide bonds. The van der Waals surface area contributed by atoms with Crippen LogP contribution in [-0.2, 0) is 0 Å². The predicted octanol–water partition coefficient (Wildman–Crippen LogP) is 2.89. The van der Waals surface area contributed by atoms with Crippen molar-refractivity contribution in [3.05, 3.63) is 48.0 Å². The van der Waals surface area contributed by atoms with Crippen LogP contribution in [-0.4, -0.2) is 7.11 Å². The van der Waals surface area contributed by atoms with E-state index in [1.807, 2.05) is 24.3 Å². The molecule has 4 nitrogen and oxygen atoms in total. The molecule has 90 valence electrons. The smallest absolute Gasteiger partial charge is 0.120 e. The quantitative estimate of drug-likeness (QED) is 0.808. The molecule has 0 saturated carbocycles. The first-order chi connectivity index (χ1) is 8.72. The number of nitrogens with two attached hydrogens (primary N) is 1. The Labute approximate surface area is 106 Å². The van der Waals surface area contributed by atoms with Gasteiger partial charge in [-0.2, -0.15) is 5.26 Å². The van der Waals surface area contributed by atoms with Gasteiger partial charge in [0.2, 0.25) is 0 Å². The van der Waals surface area contributed by atoms with Crippen LogP contribution in [0.15, 0.2) is 42.5 Å². The van der Waals surface area contributed by atoms with Crippen molar-refractivity contribution in [3.8, 4) is 11.8 Å². The van der Waals surface area contributed by atoms with Gasteiger partial charge in [-0.3, -0.25) is 0 Å². The van der Waals surface area contributed by atoms with Gasteiger partial charge in [-0.15, -0.1) is 0 Å². The molecule has 0 unspecified atom stereocenters. The van der Waals surface area contributed by atoms with E-state index in [1.54, 1.807) is 25.3 Å². The average molecular weight is 239 g/mol. The Morgan fingerprint density at radius 1 is 1.22 bits per heavy atom. The molecular formula is C14H13N3O. The topological polar surface area (TPSA) is 71.1 Å². The lowest BCUT2D eigenvalue weighted by molar-refractivity contribution is 0.415. The molecule has 0 aliphatic rings. The highest BCUT2D eigenvalue weighted by molar-refractivity contribution is 5.74. The van der Waals surface area contributed by atoms with Crippen LogP contribution in [0, 0.1) is 11.3 Å². The van der Waals surface area contributed by atoms with E-state index in [0.717, 1.165) is 11.4 Å². The normalized spacial score (nSPS) is 9.56. The van der Waals surface area contributed by atoms with Gasteiger partial charge >= 0.3 is 0 Å². The Bertz CT molecular complexity index is 602. The summed E-state index contributed by atoms with van der Waals surface area (Å²) in [5, 5.41) is 12.0. The van der Waals surface area contributed by atoms with Crippen LogP contribution in [0.25, 0.3) is 0 Å². The van der Waals surface area contributed by atoms with Crippen molar-refractivity contribution < 1.29 is 4.74 Å². The van der Waals surface area contributed by atoms with E-state index in [2.05, 4.69) is 11.4 Å². The number of anilines is 3. The van der Waals surface area contributed by atoms with Gasteiger partial charge < -0.3 is 15.8 Å². The number of benzene rings is 2. The average Bonchev–Trinajstić information content (AvgIpc) is 2.41. The second-order valence-electron chi connectivity index (χ2n) is 3.77. The lowest BCUT2D eigenvalue weighted by Crippen LogP contribution is -1.97. The fourth-order valence-corrected chi connectivity index (χ4v) is 1.59. The number of nitrogens with zero attached hydrogens (tertiary/aromatic N) is 1. The Morgan fingerprint density at radius 2 is 2.06 bits per heavy atom. The van der Waals surface area contributed by atoms with Crippen LogP contribution in [0.5, 0.6) is 5.75 Å². The van der Waals surface area contributed by atoms with E-state index in [9.17, 15) is 0 Å². The summed E-state index contributed by atoms with van der Waals surface area (Å²) < 4.78 is 5.14. The van der Waals surface area contributed by atoms with Crippen LogP contribution in [0.1, 0.15) is 5.56 Å². The summed E-state index contributed by atoms with van der Waals surface area (Å²) in [6.45, 7) is 0. The van der Waals surface area contributed by atoms with Crippen molar-refractivity contribution in [1.82, 2.24) is 0 Å². The van der Waals surface area contributed by atoms with Gasteiger partial charge in [0.15, 0.2) is 0 Å². The van der Waals surface area contributed by atoms with Crippen molar-refractivity contribution in [2.24, 2.45) is 0 Å². The molecule has 3 N–H and O–H groups in total. The van der Waals surface area contributed by atoms with Crippen LogP contribution in [0.2, 0.25) is 0 Å². The Hall–Kier alpha value is -2.67. The molecule has 0 aliphatic carbocycles. The zero-order chi connectivity index (χ0) is 13.0. The van der Waals surface area contributed by atoms with Crippen LogP contribution in [0.4, 0.5) is 17.1 Å². The number of nitrogen functional groups attached to an aromatic ring is 1. The third-order valence-electron chi connectivity index (χ3n) is 2.53. The monoisotopic (exact) mass is 239 g/mol. The number of hydrogen-bond acceptors (Lipinski definition) is 4. The highest BCUT2D eigenvalue weighted by Crippen LogP contribution is 2.26. The zero-order valence-electron chi connectivity index (χ0n) is 9.97. The van der Waals surface area contributed by atoms with Crippen LogP contribution < -0.4 is 15.8 Å². The molecule has 0 saturated heterocycles. The molecule has 0 spiro atoms. The van der Waals surface area contributed by atoms with Crippen molar-refractivity contribution in [3.63, 3.8) is 0 Å². The summed E-state index contributed by atoms with van der Waals surface area (Å²) in [7, 11) is 1.61. The number of methoxy groups -OCH3 is 1. The minimum absolute atomic E-state index is 0.564. The maximum absolute atomic E-state index is 8.86. The molecule has 0 aromatic heterocycles. The Morgan fingerprint density at radius 3 is 2.78 bits per heavy atom. The third-order valence-corrected chi connectivity index (χ3v) is 2.53. The lowest BCUT2D eigenvalue weighted by Gasteiger charge is -2.10. The van der Waals surface area contributed by atoms with Gasteiger partial charge in [0, 0.05) is 11.8 Å². The van der Waals surface area contributed by atoms with E-state index in [0.29, 0.717) is 16.9 Å². The molecule has 0 heterocycles. The zero-order valence-corrected chi connectivity index (χ0v) is 9.97. The molecule has 0 atom stereocenters. The van der Waals surface area contributed by atoms with Crippen molar-refractivity contribution in [1.29, 1.82) is 5.26 Å². The molecule has 0 radical (unpaired) electrons. The maximum Gasteiger partial charge on any atom is 0.120 e. The molecule has 0 bridgehead atoms. The summed E-state index contributed by atoms with van der Waals surface area (Å²) in [6, 6.07) is 14.7. The van der Waals surface area contributed by atoms with E-state index < -0.39 is 0 Å². The first kappa shape index (κ1) is 11.8. The fourth-order valence-electron chi connectivity index (χ4n) is 1.59. The summed E-state index contributed by atoms with van der Waals surface area (Å²) >= 11 is 0. The summed E-state index contributed by atoms with van der Waals surface area (Å²) in [6.07, 6.45) is 0. The molecule has 4 heteroatoms. The lowest BCUT2D eigenvalue weighted by atomic mass is 10.2. The van der Waals surface area contributed by atoms with Gasteiger partial charge in [0.05, 0.1) is 30.1 Å². The molecule has 18 heavy (non-hydrogen) atoms. The Kier molecular flexibility index (Phi) is 3.35. The molecular weight excluding hydrogens is 226 g/mol. The minimum atomic E-state index is 0.564. The second kappa shape index (κ2) is 5.11. The van der Waals surface area contributed by atoms with Gasteiger partial charge in [-0.1, -0.05) is 6.07 Å². The predicted molar refractivity (Wildman–Crippen MR) is 71.8 cm³/mol. The number of hydrogen-bond donors (Lipinski definition) is 2. The van der Waals surface area contributed by atoms with Crippen LogP contribution >= 0.6 is 0 Å². The largest absolute Gasteiger partial charge is 0.497 e. The third kappa shape index (κ3) is 2.53. The second-order valence-corrected chi connectivity index (χ2v) is 3.77. The van der Waals surface area contributed by atoms with Gasteiger partial charge in [-0.05, 0) is 30.3 Å². The summed E-state index contributed by atoms with van der Waals surface area (Å²) in [5.41, 5.74) is 8.59. The number of nitriles is 1. The van der Waals surface area contributed by atoms with Crippen LogP contribution in [0.3, 0.4) is 0 Å². The SMILES string of the molecule is COc1cccc(Nc2cc(C#N)ccc2N)c1. The standard InChI is InChI=1S/C14H13N3O/c1-18-12-4-2-3-11(8-12)17-14-7-10(9-15)5-6-13(14)16/h2-8,17H,16H2,1H3. The molecule has 2 rings (SSSR count). The first-order valence-corrected chi connectivity index (χ1v) is 5.43. The van der Waals surface area contributed by atoms with E-state index in [1.165, 1.54) is 0 Å². The first-order valence-electron chi connectivity index (χ1n) is 5.43. The molecule has 2 aromatic carbocycles. The van der Waals surface area contributed by atoms with Crippen molar-refractivity contribution >= 4 is 17.1 Å². The molecule has 0 aliphatic heterocycles. The van der Waals surface area contributed by atoms with Crippen molar-refractivity contribution in [2.45, 2.75) is 0 Å². The summed E-state index contributed by atoms with van der Waals surface area (Å²) in [5.74, 6) is 0.759. The van der Waals surface area contributed by atoms with Gasteiger partial charge in [-0.25, -0.2) is 0 Å². The Balaban J connectivity index is 2.30. The minimum Gasteiger partial charge on any atom is -0.497 e. The summed E-state index contributed by atoms with van der Waals surface area (Å²) in [4.78, 5) is 0. The highest BCUT2D eigenvalue weighted by Gasteiger charge is 2.02. The molecule has 2 aromatic rings. The van der Waals surface area contributed by atoms with E-state index in [-0.39, 0.29) is 0 Å². The number of ether oxygens (including phenoxy) is 1. The maximum atomic E-state index is 8.86. The number of rotatable bonds is 3. The fraction of sp³-hybridized carbons (Fsp3) is 0.0714. The van der Waals surface area contributed by atoms with Gasteiger partial charge in [0.25, 0.3) is 0 Å².